The number of rotatable bonds is 0. The number of fused-ring (bicyclic) bond motifs is 5. The Hall–Kier alpha value is -0.570. The first-order valence-electron chi connectivity index (χ1n) is 9.32. The van der Waals surface area contributed by atoms with Crippen molar-refractivity contribution in [2.45, 2.75) is 83.3 Å². The second-order valence-electron chi connectivity index (χ2n) is 8.95. The molecule has 4 rings (SSSR count). The van der Waals surface area contributed by atoms with Crippen molar-refractivity contribution in [3.63, 3.8) is 0 Å². The molecule has 1 saturated heterocycles. The van der Waals surface area contributed by atoms with Gasteiger partial charge >= 0.3 is 5.97 Å². The van der Waals surface area contributed by atoms with Gasteiger partial charge in [-0.1, -0.05) is 6.92 Å². The highest BCUT2D eigenvalue weighted by molar-refractivity contribution is 5.70. The molecule has 0 aromatic rings. The summed E-state index contributed by atoms with van der Waals surface area (Å²) in [4.78, 5) is 11.8. The van der Waals surface area contributed by atoms with Crippen LogP contribution in [-0.4, -0.2) is 22.8 Å². The molecule has 22 heavy (non-hydrogen) atoms. The molecule has 0 unspecified atom stereocenters. The Labute approximate surface area is 133 Å². The predicted octanol–water partition coefficient (Wildman–Crippen LogP) is 3.69. The molecule has 124 valence electrons. The molecule has 0 amide bonds. The zero-order valence-corrected chi connectivity index (χ0v) is 14.0. The average Bonchev–Trinajstić information content (AvgIpc) is 2.46. The SMILES string of the molecule is C[C@@]12CC[C@H](O)C[C@@H]1CC[C@H]1[C@H]3CCC(=O)O[C@]3(C)CC[C@@H]12. The van der Waals surface area contributed by atoms with Crippen LogP contribution in [0.1, 0.15) is 71.6 Å². The van der Waals surface area contributed by atoms with Crippen molar-refractivity contribution in [1.82, 2.24) is 0 Å². The van der Waals surface area contributed by atoms with Gasteiger partial charge in [-0.3, -0.25) is 4.79 Å². The summed E-state index contributed by atoms with van der Waals surface area (Å²) in [6.07, 6.45) is 9.52. The van der Waals surface area contributed by atoms with E-state index in [-0.39, 0.29) is 17.7 Å². The molecule has 3 nitrogen and oxygen atoms in total. The van der Waals surface area contributed by atoms with Crippen LogP contribution in [-0.2, 0) is 9.53 Å². The summed E-state index contributed by atoms with van der Waals surface area (Å²) < 4.78 is 5.83. The fourth-order valence-electron chi connectivity index (χ4n) is 6.75. The van der Waals surface area contributed by atoms with Gasteiger partial charge in [-0.2, -0.15) is 0 Å². The van der Waals surface area contributed by atoms with Crippen LogP contribution in [0.3, 0.4) is 0 Å². The van der Waals surface area contributed by atoms with Gasteiger partial charge in [-0.05, 0) is 81.5 Å². The fraction of sp³-hybridized carbons (Fsp3) is 0.947. The van der Waals surface area contributed by atoms with Gasteiger partial charge in [0.2, 0.25) is 0 Å². The molecular formula is C19H30O3. The summed E-state index contributed by atoms with van der Waals surface area (Å²) in [6, 6.07) is 0. The van der Waals surface area contributed by atoms with Crippen molar-refractivity contribution in [3.8, 4) is 0 Å². The molecule has 4 aliphatic rings. The van der Waals surface area contributed by atoms with Gasteiger partial charge in [0, 0.05) is 12.3 Å². The second-order valence-corrected chi connectivity index (χ2v) is 8.95. The molecule has 3 aliphatic carbocycles. The Kier molecular flexibility index (Phi) is 3.38. The van der Waals surface area contributed by atoms with E-state index in [4.69, 9.17) is 4.74 Å². The van der Waals surface area contributed by atoms with Crippen LogP contribution in [0.5, 0.6) is 0 Å². The van der Waals surface area contributed by atoms with Gasteiger partial charge < -0.3 is 9.84 Å². The summed E-state index contributed by atoms with van der Waals surface area (Å²) in [5.74, 6) is 2.77. The largest absolute Gasteiger partial charge is 0.459 e. The normalized spacial score (nSPS) is 54.7. The molecule has 3 saturated carbocycles. The molecule has 0 aromatic heterocycles. The molecule has 4 fully saturated rings. The zero-order valence-electron chi connectivity index (χ0n) is 14.0. The summed E-state index contributed by atoms with van der Waals surface area (Å²) in [7, 11) is 0. The molecule has 1 aliphatic heterocycles. The lowest BCUT2D eigenvalue weighted by Gasteiger charge is -2.61. The Balaban J connectivity index is 1.61. The van der Waals surface area contributed by atoms with Crippen LogP contribution in [0.4, 0.5) is 0 Å². The lowest BCUT2D eigenvalue weighted by molar-refractivity contribution is -0.204. The van der Waals surface area contributed by atoms with E-state index < -0.39 is 0 Å². The molecule has 0 spiro atoms. The number of hydrogen-bond acceptors (Lipinski definition) is 3. The van der Waals surface area contributed by atoms with Crippen LogP contribution >= 0.6 is 0 Å². The van der Waals surface area contributed by atoms with Gasteiger partial charge in [0.1, 0.15) is 5.60 Å². The van der Waals surface area contributed by atoms with Crippen LogP contribution in [0, 0.1) is 29.1 Å². The third-order valence-corrected chi connectivity index (χ3v) is 7.98. The van der Waals surface area contributed by atoms with Crippen molar-refractivity contribution >= 4 is 5.97 Å². The maximum Gasteiger partial charge on any atom is 0.306 e. The fourth-order valence-corrected chi connectivity index (χ4v) is 6.75. The molecule has 3 heteroatoms. The lowest BCUT2D eigenvalue weighted by atomic mass is 9.46. The number of esters is 1. The molecular weight excluding hydrogens is 276 g/mol. The number of aliphatic hydroxyl groups is 1. The first-order valence-corrected chi connectivity index (χ1v) is 9.32. The minimum atomic E-state index is -0.201. The van der Waals surface area contributed by atoms with E-state index in [9.17, 15) is 9.90 Å². The van der Waals surface area contributed by atoms with E-state index in [1.165, 1.54) is 25.7 Å². The summed E-state index contributed by atoms with van der Waals surface area (Å²) in [5.41, 5.74) is 0.207. The maximum absolute atomic E-state index is 11.8. The van der Waals surface area contributed by atoms with E-state index >= 15 is 0 Å². The number of aliphatic hydroxyl groups excluding tert-OH is 1. The molecule has 0 aromatic carbocycles. The Morgan fingerprint density at radius 3 is 2.68 bits per heavy atom. The van der Waals surface area contributed by atoms with Gasteiger partial charge in [0.25, 0.3) is 0 Å². The van der Waals surface area contributed by atoms with Crippen molar-refractivity contribution in [2.75, 3.05) is 0 Å². The number of ether oxygens (including phenoxy) is 1. The highest BCUT2D eigenvalue weighted by Crippen LogP contribution is 2.63. The van der Waals surface area contributed by atoms with Gasteiger partial charge in [-0.25, -0.2) is 0 Å². The van der Waals surface area contributed by atoms with E-state index in [0.717, 1.165) is 37.5 Å². The minimum absolute atomic E-state index is 0.0119. The van der Waals surface area contributed by atoms with Gasteiger partial charge in [0.15, 0.2) is 0 Å². The van der Waals surface area contributed by atoms with Gasteiger partial charge in [-0.15, -0.1) is 0 Å². The molecule has 7 atom stereocenters. The van der Waals surface area contributed by atoms with Crippen LogP contribution in [0.2, 0.25) is 0 Å². The van der Waals surface area contributed by atoms with Crippen molar-refractivity contribution in [3.05, 3.63) is 0 Å². The molecule has 1 heterocycles. The van der Waals surface area contributed by atoms with E-state index in [2.05, 4.69) is 13.8 Å². The number of carbonyl (C=O) groups excluding carboxylic acids is 1. The highest BCUT2D eigenvalue weighted by Gasteiger charge is 2.58. The van der Waals surface area contributed by atoms with Gasteiger partial charge in [0.05, 0.1) is 6.10 Å². The monoisotopic (exact) mass is 306 g/mol. The van der Waals surface area contributed by atoms with E-state index in [0.29, 0.717) is 23.7 Å². The smallest absolute Gasteiger partial charge is 0.306 e. The lowest BCUT2D eigenvalue weighted by Crippen LogP contribution is -2.58. The average molecular weight is 306 g/mol. The minimum Gasteiger partial charge on any atom is -0.459 e. The van der Waals surface area contributed by atoms with Crippen LogP contribution in [0.15, 0.2) is 0 Å². The number of hydrogen-bond donors (Lipinski definition) is 1. The summed E-state index contributed by atoms with van der Waals surface area (Å²) >= 11 is 0. The van der Waals surface area contributed by atoms with Crippen molar-refractivity contribution in [1.29, 1.82) is 0 Å². The Morgan fingerprint density at radius 1 is 1.05 bits per heavy atom. The third-order valence-electron chi connectivity index (χ3n) is 7.98. The zero-order chi connectivity index (χ0) is 15.5. The molecule has 1 N–H and O–H groups in total. The maximum atomic E-state index is 11.8. The highest BCUT2D eigenvalue weighted by atomic mass is 16.6. The van der Waals surface area contributed by atoms with Crippen molar-refractivity contribution < 1.29 is 14.6 Å². The first-order chi connectivity index (χ1) is 10.4. The Morgan fingerprint density at radius 2 is 1.86 bits per heavy atom. The van der Waals surface area contributed by atoms with E-state index in [1.807, 2.05) is 0 Å². The third kappa shape index (κ3) is 2.07. The standard InChI is InChI=1S/C19H30O3/c1-18-9-7-13(20)11-12(18)3-4-14-15(18)8-10-19(2)16(14)5-6-17(21)22-19/h12-16,20H,3-11H2,1-2H3/t12-,13-,14+,15-,16+,18+,19+/m0/s1. The topological polar surface area (TPSA) is 46.5 Å². The summed E-state index contributed by atoms with van der Waals surface area (Å²) in [5, 5.41) is 10.1. The summed E-state index contributed by atoms with van der Waals surface area (Å²) in [6.45, 7) is 4.68. The van der Waals surface area contributed by atoms with E-state index in [1.54, 1.807) is 0 Å². The first kappa shape index (κ1) is 15.0. The van der Waals surface area contributed by atoms with Crippen LogP contribution < -0.4 is 0 Å². The van der Waals surface area contributed by atoms with Crippen LogP contribution in [0.25, 0.3) is 0 Å². The van der Waals surface area contributed by atoms with Crippen molar-refractivity contribution in [2.24, 2.45) is 29.1 Å². The number of carbonyl (C=O) groups is 1. The quantitative estimate of drug-likeness (QED) is 0.694. The predicted molar refractivity (Wildman–Crippen MR) is 84.1 cm³/mol. The molecule has 0 radical (unpaired) electrons. The molecule has 0 bridgehead atoms. The second kappa shape index (κ2) is 4.96. The Bertz CT molecular complexity index is 475.